The molecular formula is C18H15ClF2N2O2. The molecule has 0 unspecified atom stereocenters. The molecule has 1 fully saturated rings. The van der Waals surface area contributed by atoms with E-state index < -0.39 is 28.9 Å². The average Bonchev–Trinajstić information content (AvgIpc) is 3.36. The number of hydrogen-bond acceptors (Lipinski definition) is 2. The molecule has 7 heteroatoms. The highest BCUT2D eigenvalue weighted by Gasteiger charge is 2.56. The second-order valence-electron chi connectivity index (χ2n) is 6.08. The molecule has 0 radical (unpaired) electrons. The predicted molar refractivity (Wildman–Crippen MR) is 91.5 cm³/mol. The maximum atomic E-state index is 13.2. The summed E-state index contributed by atoms with van der Waals surface area (Å²) in [6, 6.07) is 8.10. The monoisotopic (exact) mass is 364 g/mol. The zero-order chi connectivity index (χ0) is 18.2. The van der Waals surface area contributed by atoms with Crippen molar-refractivity contribution in [1.82, 2.24) is 0 Å². The van der Waals surface area contributed by atoms with Crippen LogP contribution in [0.15, 0.2) is 36.4 Å². The Bertz CT molecular complexity index is 799. The third kappa shape index (κ3) is 3.49. The molecule has 4 nitrogen and oxygen atoms in total. The molecule has 2 aromatic carbocycles. The molecule has 25 heavy (non-hydrogen) atoms. The van der Waals surface area contributed by atoms with Crippen molar-refractivity contribution in [2.75, 3.05) is 10.6 Å². The van der Waals surface area contributed by atoms with E-state index in [0.717, 1.165) is 17.7 Å². The average molecular weight is 365 g/mol. The van der Waals surface area contributed by atoms with Crippen LogP contribution in [0.4, 0.5) is 20.2 Å². The summed E-state index contributed by atoms with van der Waals surface area (Å²) in [5.41, 5.74) is 0.258. The van der Waals surface area contributed by atoms with Gasteiger partial charge in [-0.15, -0.1) is 0 Å². The molecule has 0 heterocycles. The Hall–Kier alpha value is -2.47. The third-order valence-electron chi connectivity index (χ3n) is 4.23. The molecule has 1 aliphatic carbocycles. The molecule has 1 aliphatic rings. The van der Waals surface area contributed by atoms with Crippen LogP contribution in [-0.4, -0.2) is 11.8 Å². The number of halogens is 3. The number of amides is 2. The Balaban J connectivity index is 1.72. The Kier molecular flexibility index (Phi) is 4.47. The molecule has 130 valence electrons. The van der Waals surface area contributed by atoms with Crippen LogP contribution in [0.2, 0.25) is 5.02 Å². The van der Waals surface area contributed by atoms with Crippen molar-refractivity contribution in [1.29, 1.82) is 0 Å². The lowest BCUT2D eigenvalue weighted by Crippen LogP contribution is -2.35. The van der Waals surface area contributed by atoms with Crippen LogP contribution in [0, 0.1) is 24.0 Å². The lowest BCUT2D eigenvalue weighted by atomic mass is 10.0. The van der Waals surface area contributed by atoms with Gasteiger partial charge in [0, 0.05) is 22.5 Å². The zero-order valence-electron chi connectivity index (χ0n) is 13.3. The maximum Gasteiger partial charge on any atom is 0.240 e. The van der Waals surface area contributed by atoms with E-state index in [4.69, 9.17) is 11.6 Å². The Morgan fingerprint density at radius 2 is 1.52 bits per heavy atom. The van der Waals surface area contributed by atoms with Crippen molar-refractivity contribution >= 4 is 34.8 Å². The van der Waals surface area contributed by atoms with Crippen LogP contribution in [0.1, 0.15) is 18.4 Å². The molecule has 2 aromatic rings. The summed E-state index contributed by atoms with van der Waals surface area (Å²) < 4.78 is 26.2. The van der Waals surface area contributed by atoms with Crippen LogP contribution >= 0.6 is 11.6 Å². The fourth-order valence-electron chi connectivity index (χ4n) is 2.43. The number of anilines is 2. The molecule has 0 atom stereocenters. The fourth-order valence-corrected chi connectivity index (χ4v) is 2.61. The van der Waals surface area contributed by atoms with Crippen molar-refractivity contribution in [2.24, 2.45) is 5.41 Å². The van der Waals surface area contributed by atoms with Gasteiger partial charge in [-0.05, 0) is 49.6 Å². The summed E-state index contributed by atoms with van der Waals surface area (Å²) in [6.45, 7) is 1.84. The van der Waals surface area contributed by atoms with Gasteiger partial charge in [0.15, 0.2) is 11.6 Å². The van der Waals surface area contributed by atoms with E-state index in [2.05, 4.69) is 10.6 Å². The Labute approximate surface area is 148 Å². The minimum absolute atomic E-state index is 0.0985. The van der Waals surface area contributed by atoms with Gasteiger partial charge in [-0.3, -0.25) is 9.59 Å². The third-order valence-corrected chi connectivity index (χ3v) is 4.63. The largest absolute Gasteiger partial charge is 0.325 e. The fraction of sp³-hybridized carbons (Fsp3) is 0.222. The molecule has 0 spiro atoms. The Morgan fingerprint density at radius 3 is 2.04 bits per heavy atom. The molecule has 0 bridgehead atoms. The lowest BCUT2D eigenvalue weighted by molar-refractivity contribution is -0.131. The first kappa shape index (κ1) is 17.4. The summed E-state index contributed by atoms with van der Waals surface area (Å²) >= 11 is 6.03. The highest BCUT2D eigenvalue weighted by molar-refractivity contribution is 6.31. The number of benzene rings is 2. The minimum atomic E-state index is -1.21. The van der Waals surface area contributed by atoms with Crippen molar-refractivity contribution in [3.05, 3.63) is 58.6 Å². The van der Waals surface area contributed by atoms with Gasteiger partial charge in [0.1, 0.15) is 5.41 Å². The molecule has 2 N–H and O–H groups in total. The highest BCUT2D eigenvalue weighted by Crippen LogP contribution is 2.47. The van der Waals surface area contributed by atoms with E-state index in [9.17, 15) is 18.4 Å². The second-order valence-corrected chi connectivity index (χ2v) is 6.49. The predicted octanol–water partition coefficient (Wildman–Crippen LogP) is 4.28. The summed E-state index contributed by atoms with van der Waals surface area (Å²) in [7, 11) is 0. The number of rotatable bonds is 4. The van der Waals surface area contributed by atoms with Crippen LogP contribution < -0.4 is 10.6 Å². The van der Waals surface area contributed by atoms with Crippen molar-refractivity contribution in [3.8, 4) is 0 Å². The second kappa shape index (κ2) is 6.44. The van der Waals surface area contributed by atoms with Crippen molar-refractivity contribution < 1.29 is 18.4 Å². The highest BCUT2D eigenvalue weighted by atomic mass is 35.5. The van der Waals surface area contributed by atoms with Crippen LogP contribution in [0.25, 0.3) is 0 Å². The van der Waals surface area contributed by atoms with E-state index in [1.54, 1.807) is 18.2 Å². The van der Waals surface area contributed by atoms with Gasteiger partial charge in [0.05, 0.1) is 0 Å². The maximum absolute atomic E-state index is 13.2. The van der Waals surface area contributed by atoms with Crippen molar-refractivity contribution in [2.45, 2.75) is 19.8 Å². The first-order chi connectivity index (χ1) is 11.8. The van der Waals surface area contributed by atoms with Crippen LogP contribution in [0.3, 0.4) is 0 Å². The van der Waals surface area contributed by atoms with E-state index in [1.807, 2.05) is 6.92 Å². The molecule has 2 amide bonds. The minimum Gasteiger partial charge on any atom is -0.325 e. The van der Waals surface area contributed by atoms with Gasteiger partial charge in [-0.2, -0.15) is 0 Å². The number of hydrogen-bond donors (Lipinski definition) is 2. The van der Waals surface area contributed by atoms with Gasteiger partial charge >= 0.3 is 0 Å². The zero-order valence-corrected chi connectivity index (χ0v) is 14.1. The molecule has 0 aromatic heterocycles. The molecular weight excluding hydrogens is 350 g/mol. The molecule has 3 rings (SSSR count). The van der Waals surface area contributed by atoms with Gasteiger partial charge in [0.25, 0.3) is 0 Å². The molecule has 1 saturated carbocycles. The topological polar surface area (TPSA) is 58.2 Å². The normalized spacial score (nSPS) is 14.7. The van der Waals surface area contributed by atoms with Gasteiger partial charge in [-0.25, -0.2) is 8.78 Å². The summed E-state index contributed by atoms with van der Waals surface area (Å²) in [6.07, 6.45) is 0.766. The smallest absolute Gasteiger partial charge is 0.240 e. The van der Waals surface area contributed by atoms with Gasteiger partial charge < -0.3 is 10.6 Å². The standard InChI is InChI=1S/C18H15ClF2N2O2/c1-10-2-3-11(8-13(10)19)22-16(24)18(6-7-18)17(25)23-12-4-5-14(20)15(21)9-12/h2-5,8-9H,6-7H2,1H3,(H,22,24)(H,23,25). The summed E-state index contributed by atoms with van der Waals surface area (Å²) in [5.74, 6) is -3.07. The molecule has 0 saturated heterocycles. The number of aryl methyl sites for hydroxylation is 1. The lowest BCUT2D eigenvalue weighted by Gasteiger charge is -2.16. The molecule has 0 aliphatic heterocycles. The van der Waals surface area contributed by atoms with E-state index in [-0.39, 0.29) is 5.69 Å². The van der Waals surface area contributed by atoms with Gasteiger partial charge in [-0.1, -0.05) is 17.7 Å². The van der Waals surface area contributed by atoms with E-state index in [1.165, 1.54) is 6.07 Å². The van der Waals surface area contributed by atoms with E-state index in [0.29, 0.717) is 23.6 Å². The van der Waals surface area contributed by atoms with Crippen LogP contribution in [0.5, 0.6) is 0 Å². The first-order valence-electron chi connectivity index (χ1n) is 7.66. The SMILES string of the molecule is Cc1ccc(NC(=O)C2(C(=O)Nc3ccc(F)c(F)c3)CC2)cc1Cl. The van der Waals surface area contributed by atoms with Crippen LogP contribution in [-0.2, 0) is 9.59 Å². The van der Waals surface area contributed by atoms with Crippen molar-refractivity contribution in [3.63, 3.8) is 0 Å². The number of carbonyl (C=O) groups is 2. The van der Waals surface area contributed by atoms with Gasteiger partial charge in [0.2, 0.25) is 11.8 Å². The number of carbonyl (C=O) groups excluding carboxylic acids is 2. The quantitative estimate of drug-likeness (QED) is 0.795. The number of nitrogens with one attached hydrogen (secondary N) is 2. The summed E-state index contributed by atoms with van der Waals surface area (Å²) in [4.78, 5) is 24.9. The van der Waals surface area contributed by atoms with E-state index >= 15 is 0 Å². The summed E-state index contributed by atoms with van der Waals surface area (Å²) in [5, 5.41) is 5.66. The Morgan fingerprint density at radius 1 is 0.960 bits per heavy atom. The first-order valence-corrected chi connectivity index (χ1v) is 8.04.